The van der Waals surface area contributed by atoms with Crippen LogP contribution >= 0.6 is 23.4 Å². The minimum Gasteiger partial charge on any atom is -0.354 e. The van der Waals surface area contributed by atoms with E-state index in [1.807, 2.05) is 60.7 Å². The third kappa shape index (κ3) is 6.48. The monoisotopic (exact) mass is 576 g/mol. The maximum atomic E-state index is 14.2. The van der Waals surface area contributed by atoms with Gasteiger partial charge in [-0.2, -0.15) is 0 Å². The van der Waals surface area contributed by atoms with Gasteiger partial charge in [-0.25, -0.2) is 0 Å². The van der Waals surface area contributed by atoms with E-state index in [1.165, 1.54) is 16.7 Å². The van der Waals surface area contributed by atoms with Crippen LogP contribution in [0.3, 0.4) is 0 Å². The van der Waals surface area contributed by atoms with Gasteiger partial charge in [0.1, 0.15) is 18.6 Å². The molecule has 3 atom stereocenters. The fraction of sp³-hybridized carbons (Fsp3) is 0.267. The minimum absolute atomic E-state index is 0.197. The van der Waals surface area contributed by atoms with Crippen molar-refractivity contribution in [3.05, 3.63) is 95.0 Å². The summed E-state index contributed by atoms with van der Waals surface area (Å²) in [5.41, 5.74) is 2.48. The second-order valence-electron chi connectivity index (χ2n) is 9.72. The summed E-state index contributed by atoms with van der Waals surface area (Å²) in [7, 11) is 0. The molecule has 3 N–H and O–H groups in total. The summed E-state index contributed by atoms with van der Waals surface area (Å²) in [6, 6.07) is 22.7. The molecular weight excluding hydrogens is 548 g/mol. The lowest BCUT2D eigenvalue weighted by molar-refractivity contribution is -0.130. The Kier molecular flexibility index (Phi) is 8.72. The summed E-state index contributed by atoms with van der Waals surface area (Å²) >= 11 is 7.76. The number of amides is 4. The van der Waals surface area contributed by atoms with Crippen molar-refractivity contribution in [1.82, 2.24) is 16.0 Å². The van der Waals surface area contributed by atoms with Crippen LogP contribution in [0.4, 0.5) is 5.69 Å². The number of thioether (sulfide) groups is 1. The Morgan fingerprint density at radius 1 is 1.00 bits per heavy atom. The molecule has 0 bridgehead atoms. The van der Waals surface area contributed by atoms with Crippen molar-refractivity contribution in [2.24, 2.45) is 0 Å². The Labute approximate surface area is 241 Å². The van der Waals surface area contributed by atoms with E-state index in [4.69, 9.17) is 11.6 Å². The molecule has 0 radical (unpaired) electrons. The van der Waals surface area contributed by atoms with Gasteiger partial charge in [0.05, 0.1) is 10.9 Å². The minimum atomic E-state index is -0.999. The molecule has 3 aromatic carbocycles. The van der Waals surface area contributed by atoms with Crippen LogP contribution in [0.5, 0.6) is 0 Å². The summed E-state index contributed by atoms with van der Waals surface area (Å²) in [6.07, 6.45) is 1.27. The topological polar surface area (TPSA) is 108 Å². The standard InChI is InChI=1S/C30H29ClN4O4S/c31-21-11-13-23-24(17-21)40-28(20-9-5-2-6-10-20)27(34-29(38)22-12-14-25(36)33-22)30(39)35(23)18-26(37)32-16-15-19-7-3-1-4-8-19/h1-11,13,17,22,27-28H,12,14-16,18H2,(H,32,37)(H,33,36)(H,34,38)/t22-,27-,28-/m0/s1. The largest absolute Gasteiger partial charge is 0.354 e. The van der Waals surface area contributed by atoms with Gasteiger partial charge in [-0.3, -0.25) is 19.2 Å². The van der Waals surface area contributed by atoms with Crippen LogP contribution in [-0.4, -0.2) is 48.8 Å². The van der Waals surface area contributed by atoms with Gasteiger partial charge >= 0.3 is 0 Å². The number of nitrogens with zero attached hydrogens (tertiary/aromatic N) is 1. The Bertz CT molecular complexity index is 1410. The molecule has 10 heteroatoms. The van der Waals surface area contributed by atoms with Crippen LogP contribution < -0.4 is 20.9 Å². The predicted octanol–water partition coefficient (Wildman–Crippen LogP) is 3.64. The molecule has 8 nitrogen and oxygen atoms in total. The first-order valence-electron chi connectivity index (χ1n) is 13.1. The third-order valence-corrected chi connectivity index (χ3v) is 8.53. The molecule has 2 aliphatic rings. The van der Waals surface area contributed by atoms with Crippen molar-refractivity contribution in [2.75, 3.05) is 18.0 Å². The lowest BCUT2D eigenvalue weighted by Gasteiger charge is -2.29. The highest BCUT2D eigenvalue weighted by Crippen LogP contribution is 2.46. The number of halogens is 1. The van der Waals surface area contributed by atoms with Gasteiger partial charge in [0.15, 0.2) is 0 Å². The van der Waals surface area contributed by atoms with E-state index < -0.39 is 29.1 Å². The lowest BCUT2D eigenvalue weighted by atomic mass is 10.0. The average Bonchev–Trinajstić information content (AvgIpc) is 3.37. The van der Waals surface area contributed by atoms with Crippen LogP contribution in [0.2, 0.25) is 5.02 Å². The normalized spacial score (nSPS) is 20.3. The number of fused-ring (bicyclic) bond motifs is 1. The van der Waals surface area contributed by atoms with Gasteiger partial charge in [0, 0.05) is 22.9 Å². The number of nitrogens with one attached hydrogen (secondary N) is 3. The predicted molar refractivity (Wildman–Crippen MR) is 155 cm³/mol. The Hall–Kier alpha value is -3.82. The van der Waals surface area contributed by atoms with E-state index in [9.17, 15) is 19.2 Å². The lowest BCUT2D eigenvalue weighted by Crippen LogP contribution is -2.55. The first kappa shape index (κ1) is 27.7. The highest BCUT2D eigenvalue weighted by Gasteiger charge is 2.41. The third-order valence-electron chi connectivity index (χ3n) is 6.92. The highest BCUT2D eigenvalue weighted by atomic mass is 35.5. The average molecular weight is 577 g/mol. The molecule has 0 saturated carbocycles. The molecule has 4 amide bonds. The zero-order valence-electron chi connectivity index (χ0n) is 21.6. The van der Waals surface area contributed by atoms with Gasteiger partial charge in [-0.05, 0) is 42.2 Å². The van der Waals surface area contributed by atoms with E-state index >= 15 is 0 Å². The molecule has 2 heterocycles. The van der Waals surface area contributed by atoms with E-state index in [1.54, 1.807) is 18.2 Å². The maximum Gasteiger partial charge on any atom is 0.251 e. The molecule has 0 aliphatic carbocycles. The van der Waals surface area contributed by atoms with Crippen molar-refractivity contribution in [3.8, 4) is 0 Å². The quantitative estimate of drug-likeness (QED) is 0.379. The maximum absolute atomic E-state index is 14.2. The first-order chi connectivity index (χ1) is 19.4. The zero-order valence-corrected chi connectivity index (χ0v) is 23.2. The van der Waals surface area contributed by atoms with Gasteiger partial charge in [-0.1, -0.05) is 72.3 Å². The van der Waals surface area contributed by atoms with E-state index in [-0.39, 0.29) is 24.8 Å². The molecule has 0 unspecified atom stereocenters. The van der Waals surface area contributed by atoms with Crippen LogP contribution in [-0.2, 0) is 25.6 Å². The van der Waals surface area contributed by atoms with Crippen molar-refractivity contribution in [3.63, 3.8) is 0 Å². The number of hydrogen-bond donors (Lipinski definition) is 3. The van der Waals surface area contributed by atoms with Gasteiger partial charge in [0.2, 0.25) is 17.7 Å². The molecule has 5 rings (SSSR count). The van der Waals surface area contributed by atoms with E-state index in [2.05, 4.69) is 16.0 Å². The second-order valence-corrected chi connectivity index (χ2v) is 11.3. The molecule has 1 fully saturated rings. The number of benzene rings is 3. The number of rotatable bonds is 8. The highest BCUT2D eigenvalue weighted by molar-refractivity contribution is 7.99. The number of carbonyl (C=O) groups is 4. The van der Waals surface area contributed by atoms with Gasteiger partial charge < -0.3 is 20.9 Å². The molecule has 40 heavy (non-hydrogen) atoms. The Morgan fingerprint density at radius 3 is 2.42 bits per heavy atom. The number of carbonyl (C=O) groups excluding carboxylic acids is 4. The SMILES string of the molecule is O=C(CN1C(=O)[C@@H](NC(=O)[C@@H]2CCC(=O)N2)[C@H](c2ccccc2)Sc2cc(Cl)ccc21)NCCc1ccccc1. The summed E-state index contributed by atoms with van der Waals surface area (Å²) in [5, 5.41) is 8.48. The first-order valence-corrected chi connectivity index (χ1v) is 14.4. The molecular formula is C30H29ClN4O4S. The van der Waals surface area contributed by atoms with Gasteiger partial charge in [-0.15, -0.1) is 11.8 Å². The molecule has 0 spiro atoms. The summed E-state index contributed by atoms with van der Waals surface area (Å²) in [6.45, 7) is 0.193. The fourth-order valence-electron chi connectivity index (χ4n) is 4.89. The van der Waals surface area contributed by atoms with Crippen LogP contribution in [0, 0.1) is 0 Å². The molecule has 0 aromatic heterocycles. The Balaban J connectivity index is 1.43. The summed E-state index contributed by atoms with van der Waals surface area (Å²) < 4.78 is 0. The number of hydrogen-bond acceptors (Lipinski definition) is 5. The summed E-state index contributed by atoms with van der Waals surface area (Å²) in [5.74, 6) is -1.36. The van der Waals surface area contributed by atoms with Gasteiger partial charge in [0.25, 0.3) is 5.91 Å². The fourth-order valence-corrected chi connectivity index (χ4v) is 6.50. The van der Waals surface area contributed by atoms with E-state index in [0.29, 0.717) is 30.1 Å². The van der Waals surface area contributed by atoms with Crippen LogP contribution in [0.1, 0.15) is 29.2 Å². The van der Waals surface area contributed by atoms with E-state index in [0.717, 1.165) is 16.0 Å². The van der Waals surface area contributed by atoms with Crippen LogP contribution in [0.15, 0.2) is 83.8 Å². The smallest absolute Gasteiger partial charge is 0.251 e. The molecule has 2 aliphatic heterocycles. The van der Waals surface area contributed by atoms with Crippen molar-refractivity contribution in [2.45, 2.75) is 41.5 Å². The molecule has 206 valence electrons. The molecule has 1 saturated heterocycles. The number of anilines is 1. The molecule has 3 aromatic rings. The van der Waals surface area contributed by atoms with Crippen LogP contribution in [0.25, 0.3) is 0 Å². The zero-order chi connectivity index (χ0) is 28.1. The summed E-state index contributed by atoms with van der Waals surface area (Å²) in [4.78, 5) is 54.4. The second kappa shape index (κ2) is 12.6. The van der Waals surface area contributed by atoms with Crippen molar-refractivity contribution in [1.29, 1.82) is 0 Å². The van der Waals surface area contributed by atoms with Crippen molar-refractivity contribution < 1.29 is 19.2 Å². The Morgan fingerprint density at radius 2 is 1.73 bits per heavy atom. The van der Waals surface area contributed by atoms with Crippen molar-refractivity contribution >= 4 is 52.7 Å².